The molecule has 2 N–H and O–H groups in total. The molecule has 4 aromatic rings. The highest BCUT2D eigenvalue weighted by atomic mass is 16.5. The number of pyridine rings is 1. The number of fused-ring (bicyclic) bond motifs is 6. The summed E-state index contributed by atoms with van der Waals surface area (Å²) in [6.45, 7) is 14.8. The lowest BCUT2D eigenvalue weighted by atomic mass is 9.84. The Morgan fingerprint density at radius 3 is 2.49 bits per heavy atom. The van der Waals surface area contributed by atoms with Crippen molar-refractivity contribution in [3.05, 3.63) is 77.6 Å². The monoisotopic (exact) mass is 999 g/mol. The van der Waals surface area contributed by atoms with Crippen LogP contribution in [-0.2, 0) is 57.6 Å². The van der Waals surface area contributed by atoms with Crippen LogP contribution in [-0.4, -0.2) is 150 Å². The third-order valence-electron chi connectivity index (χ3n) is 15.4. The minimum atomic E-state index is -1.07. The fourth-order valence-electron chi connectivity index (χ4n) is 11.1. The van der Waals surface area contributed by atoms with Crippen LogP contribution in [0.5, 0.6) is 0 Å². The normalized spacial score (nSPS) is 23.2. The number of nitrogens with zero attached hydrogens (tertiary/aromatic N) is 6. The van der Waals surface area contributed by atoms with Gasteiger partial charge in [0.05, 0.1) is 36.6 Å². The maximum absolute atomic E-state index is 14.8. The summed E-state index contributed by atoms with van der Waals surface area (Å²) in [6, 6.07) is 15.8. The summed E-state index contributed by atoms with van der Waals surface area (Å²) >= 11 is 0. The van der Waals surface area contributed by atoms with Gasteiger partial charge in [-0.05, 0) is 112 Å². The van der Waals surface area contributed by atoms with Crippen LogP contribution in [0, 0.1) is 29.1 Å². The van der Waals surface area contributed by atoms with E-state index in [-0.39, 0.29) is 43.4 Å². The van der Waals surface area contributed by atoms with Gasteiger partial charge >= 0.3 is 5.97 Å². The van der Waals surface area contributed by atoms with E-state index in [2.05, 4.69) is 84.3 Å². The highest BCUT2D eigenvalue weighted by Crippen LogP contribution is 2.42. The molecule has 0 radical (unpaired) electrons. The molecule has 4 aliphatic rings. The first-order valence-electron chi connectivity index (χ1n) is 26.0. The maximum Gasteiger partial charge on any atom is 0.324 e. The standard InChI is InChI=1S/C57H74N8O8/c1-11-64-47-20-19-40-31-43(47)44(51(64)42-17-13-25-58-49(42)37(4)71-10)32-56(5,6)34-73-55(70)45-18-14-26-65(60-45)54(69)46(30-38-15-12-16-39(40)29-38)59-52(67)50(36(2)3)62(9)53(68)41-22-27-63(33-41)48(66)21-23-57(61(7)8)24-28-72-35-57/h12-13,15-17,19-20,25,29,31,36-37,41,45-46,50,60H,11,14,18,22,24,26-28,30,32-35H2,1-10H3,(H,59,67)/t37-,41-,45-,46-,50-,57-/m0/s1. The Balaban J connectivity index is 1.11. The maximum atomic E-state index is 14.8. The molecule has 0 spiro atoms. The summed E-state index contributed by atoms with van der Waals surface area (Å²) in [5.41, 5.74) is 9.91. The van der Waals surface area contributed by atoms with Crippen molar-refractivity contribution in [2.45, 2.75) is 116 Å². The molecule has 8 rings (SSSR count). The lowest BCUT2D eigenvalue weighted by Crippen LogP contribution is -2.62. The van der Waals surface area contributed by atoms with Crippen LogP contribution in [0.4, 0.5) is 0 Å². The Morgan fingerprint density at radius 2 is 1.78 bits per heavy atom. The van der Waals surface area contributed by atoms with E-state index in [0.717, 1.165) is 50.1 Å². The first-order valence-corrected chi connectivity index (χ1v) is 26.0. The number of hydrazine groups is 1. The number of ether oxygens (including phenoxy) is 3. The molecule has 0 saturated carbocycles. The number of likely N-dealkylation sites (N-methyl/N-ethyl adjacent to an activating group) is 2. The van der Waals surface area contributed by atoms with Crippen molar-refractivity contribution in [2.75, 3.05) is 67.7 Å². The Kier molecular flexibility index (Phi) is 16.1. The Labute approximate surface area is 430 Å². The highest BCUT2D eigenvalue weighted by Gasteiger charge is 2.41. The number of aryl methyl sites for hydroxylation is 1. The van der Waals surface area contributed by atoms with E-state index < -0.39 is 52.8 Å². The molecular formula is C57H74N8O8. The van der Waals surface area contributed by atoms with Crippen molar-refractivity contribution in [3.63, 3.8) is 0 Å². The second kappa shape index (κ2) is 22.2. The van der Waals surface area contributed by atoms with Gasteiger partial charge in [-0.3, -0.25) is 38.9 Å². The number of hydrogen-bond acceptors (Lipinski definition) is 11. The number of carbonyl (C=O) groups excluding carboxylic acids is 5. The molecule has 16 nitrogen and oxygen atoms in total. The number of cyclic esters (lactones) is 1. The van der Waals surface area contributed by atoms with Gasteiger partial charge in [-0.2, -0.15) is 0 Å². The number of carbonyl (C=O) groups is 5. The molecule has 6 atom stereocenters. The summed E-state index contributed by atoms with van der Waals surface area (Å²) < 4.78 is 19.9. The Hall–Kier alpha value is -6.12. The van der Waals surface area contributed by atoms with Crippen LogP contribution in [0.25, 0.3) is 33.3 Å². The molecule has 0 aliphatic carbocycles. The van der Waals surface area contributed by atoms with Crippen molar-refractivity contribution in [1.82, 2.24) is 40.0 Å². The molecule has 6 bridgehead atoms. The van der Waals surface area contributed by atoms with Crippen molar-refractivity contribution in [1.29, 1.82) is 0 Å². The average Bonchev–Trinajstić information content (AvgIpc) is 4.15. The van der Waals surface area contributed by atoms with Crippen LogP contribution < -0.4 is 10.7 Å². The van der Waals surface area contributed by atoms with Crippen LogP contribution in [0.15, 0.2) is 60.8 Å². The number of esters is 1. The zero-order chi connectivity index (χ0) is 52.4. The number of nitrogens with one attached hydrogen (secondary N) is 2. The number of amides is 4. The van der Waals surface area contributed by atoms with Crippen LogP contribution in [0.2, 0.25) is 0 Å². The fourth-order valence-corrected chi connectivity index (χ4v) is 11.1. The highest BCUT2D eigenvalue weighted by molar-refractivity contribution is 5.97. The van der Waals surface area contributed by atoms with E-state index in [0.29, 0.717) is 65.0 Å². The number of methoxy groups -OCH3 is 1. The zero-order valence-electron chi connectivity index (χ0n) is 44.4. The summed E-state index contributed by atoms with van der Waals surface area (Å²) in [5.74, 6) is 3.18. The molecule has 6 heterocycles. The van der Waals surface area contributed by atoms with E-state index >= 15 is 0 Å². The number of likely N-dealkylation sites (tertiary alicyclic amines) is 1. The Morgan fingerprint density at radius 1 is 1.00 bits per heavy atom. The predicted molar refractivity (Wildman–Crippen MR) is 279 cm³/mol. The van der Waals surface area contributed by atoms with Crippen molar-refractivity contribution >= 4 is 40.5 Å². The minimum Gasteiger partial charge on any atom is -0.464 e. The van der Waals surface area contributed by atoms with Gasteiger partial charge in [-0.15, -0.1) is 0 Å². The van der Waals surface area contributed by atoms with Crippen molar-refractivity contribution < 1.29 is 38.2 Å². The number of rotatable bonds is 10. The molecule has 4 amide bonds. The first-order chi connectivity index (χ1) is 34.8. The Bertz CT molecular complexity index is 2780. The molecular weight excluding hydrogens is 925 g/mol. The SMILES string of the molecule is CCn1c(-c2cccnc2[C@H](C)OC)c2c3cc(ccc31)-c1cccc(c1)C[C@H](NC(=O)[C@H](C(C)C)N(C)C(=O)[C@H]1CCN(C(=O)C#C[C@]3(N(C)C)CCOC3)C1)C(=O)N1CCC[C@H](N1)C(=O)OCC(C)(C)C2. The van der Waals surface area contributed by atoms with E-state index in [9.17, 15) is 24.0 Å². The zero-order valence-corrected chi connectivity index (χ0v) is 44.4. The molecule has 3 fully saturated rings. The van der Waals surface area contributed by atoms with Crippen LogP contribution in [0.3, 0.4) is 0 Å². The van der Waals surface area contributed by atoms with Crippen molar-refractivity contribution in [3.8, 4) is 34.2 Å². The number of hydrogen-bond donors (Lipinski definition) is 2. The van der Waals surface area contributed by atoms with Gasteiger partial charge in [0.15, 0.2) is 0 Å². The predicted octanol–water partition coefficient (Wildman–Crippen LogP) is 5.80. The topological polar surface area (TPSA) is 168 Å². The molecule has 16 heteroatoms. The van der Waals surface area contributed by atoms with Gasteiger partial charge in [-0.25, -0.2) is 5.43 Å². The molecule has 2 aromatic carbocycles. The fraction of sp³-hybridized carbons (Fsp3) is 0.544. The van der Waals surface area contributed by atoms with E-state index in [4.69, 9.17) is 19.2 Å². The number of aromatic nitrogens is 2. The second-order valence-electron chi connectivity index (χ2n) is 21.7. The molecule has 4 aliphatic heterocycles. The van der Waals surface area contributed by atoms with E-state index in [1.54, 1.807) is 25.3 Å². The average molecular weight is 999 g/mol. The van der Waals surface area contributed by atoms with Gasteiger partial charge < -0.3 is 33.9 Å². The quantitative estimate of drug-likeness (QED) is 0.146. The van der Waals surface area contributed by atoms with E-state index in [1.807, 2.05) is 58.0 Å². The lowest BCUT2D eigenvalue weighted by molar-refractivity contribution is -0.155. The lowest BCUT2D eigenvalue weighted by Gasteiger charge is -2.37. The van der Waals surface area contributed by atoms with E-state index in [1.165, 1.54) is 9.91 Å². The van der Waals surface area contributed by atoms with Gasteiger partial charge in [0, 0.05) is 87.9 Å². The van der Waals surface area contributed by atoms with Crippen molar-refractivity contribution in [2.24, 2.45) is 17.3 Å². The van der Waals surface area contributed by atoms with Gasteiger partial charge in [-0.1, -0.05) is 63.9 Å². The second-order valence-corrected chi connectivity index (χ2v) is 21.7. The summed E-state index contributed by atoms with van der Waals surface area (Å²) in [5, 5.41) is 5.60. The number of benzene rings is 2. The van der Waals surface area contributed by atoms with Crippen LogP contribution >= 0.6 is 0 Å². The molecule has 3 saturated heterocycles. The third kappa shape index (κ3) is 11.2. The van der Waals surface area contributed by atoms with Gasteiger partial charge in [0.1, 0.15) is 23.7 Å². The molecule has 73 heavy (non-hydrogen) atoms. The largest absolute Gasteiger partial charge is 0.464 e. The van der Waals surface area contributed by atoms with Gasteiger partial charge in [0.25, 0.3) is 11.8 Å². The smallest absolute Gasteiger partial charge is 0.324 e. The summed E-state index contributed by atoms with van der Waals surface area (Å²) in [6.07, 6.45) is 4.39. The molecule has 0 unspecified atom stereocenters. The minimum absolute atomic E-state index is 0.129. The van der Waals surface area contributed by atoms with Gasteiger partial charge in [0.2, 0.25) is 11.8 Å². The molecule has 390 valence electrons. The third-order valence-corrected chi connectivity index (χ3v) is 15.4. The molecule has 2 aromatic heterocycles. The summed E-state index contributed by atoms with van der Waals surface area (Å²) in [4.78, 5) is 81.1. The summed E-state index contributed by atoms with van der Waals surface area (Å²) in [7, 11) is 7.15. The van der Waals surface area contributed by atoms with Crippen LogP contribution in [0.1, 0.15) is 90.2 Å². The first kappa shape index (κ1) is 53.2.